The summed E-state index contributed by atoms with van der Waals surface area (Å²) in [6, 6.07) is 3.57. The maximum absolute atomic E-state index is 12.4. The minimum atomic E-state index is -0.840. The minimum absolute atomic E-state index is 0.0112. The third kappa shape index (κ3) is 2.74. The van der Waals surface area contributed by atoms with E-state index in [1.54, 1.807) is 18.3 Å². The van der Waals surface area contributed by atoms with Crippen LogP contribution >= 0.6 is 0 Å². The Kier molecular flexibility index (Phi) is 3.70. The number of aryl methyl sites for hydroxylation is 1. The van der Waals surface area contributed by atoms with E-state index in [9.17, 15) is 14.7 Å². The van der Waals surface area contributed by atoms with Crippen molar-refractivity contribution in [3.05, 3.63) is 46.0 Å². The number of amides is 1. The first-order valence-electron chi connectivity index (χ1n) is 7.47. The van der Waals surface area contributed by atoms with Crippen LogP contribution < -0.4 is 10.9 Å². The van der Waals surface area contributed by atoms with Gasteiger partial charge in [0.15, 0.2) is 0 Å². The van der Waals surface area contributed by atoms with Gasteiger partial charge in [-0.1, -0.05) is 12.8 Å². The summed E-state index contributed by atoms with van der Waals surface area (Å²) in [6.07, 6.45) is 6.20. The van der Waals surface area contributed by atoms with Gasteiger partial charge >= 0.3 is 0 Å². The summed E-state index contributed by atoms with van der Waals surface area (Å²) in [5, 5.41) is 12.9. The van der Waals surface area contributed by atoms with Crippen LogP contribution in [0.5, 0.6) is 0 Å². The van der Waals surface area contributed by atoms with Gasteiger partial charge in [-0.3, -0.25) is 14.0 Å². The monoisotopic (exact) mass is 301 g/mol. The third-order valence-electron chi connectivity index (χ3n) is 4.22. The lowest BCUT2D eigenvalue weighted by molar-refractivity contribution is 0.0449. The number of hydrogen-bond acceptors (Lipinski definition) is 4. The van der Waals surface area contributed by atoms with Crippen LogP contribution in [0.1, 0.15) is 41.6 Å². The molecule has 0 spiro atoms. The average Bonchev–Trinajstić information content (AvgIpc) is 2.92. The van der Waals surface area contributed by atoms with Crippen molar-refractivity contribution < 1.29 is 9.90 Å². The van der Waals surface area contributed by atoms with Crippen molar-refractivity contribution in [2.45, 2.75) is 38.2 Å². The Morgan fingerprint density at radius 3 is 2.91 bits per heavy atom. The molecular formula is C16H19N3O3. The lowest BCUT2D eigenvalue weighted by atomic mass is 10.0. The van der Waals surface area contributed by atoms with E-state index in [-0.39, 0.29) is 12.1 Å². The molecule has 1 fully saturated rings. The highest BCUT2D eigenvalue weighted by molar-refractivity contribution is 5.93. The summed E-state index contributed by atoms with van der Waals surface area (Å²) < 4.78 is 1.35. The predicted molar refractivity (Wildman–Crippen MR) is 82.0 cm³/mol. The molecule has 22 heavy (non-hydrogen) atoms. The van der Waals surface area contributed by atoms with Crippen LogP contribution in [0.2, 0.25) is 0 Å². The van der Waals surface area contributed by atoms with E-state index in [0.717, 1.165) is 18.4 Å². The fourth-order valence-electron chi connectivity index (χ4n) is 2.88. The Hall–Kier alpha value is -2.21. The van der Waals surface area contributed by atoms with E-state index in [0.29, 0.717) is 18.5 Å². The van der Waals surface area contributed by atoms with Gasteiger partial charge in [-0.25, -0.2) is 4.98 Å². The van der Waals surface area contributed by atoms with Crippen LogP contribution in [-0.2, 0) is 0 Å². The van der Waals surface area contributed by atoms with Crippen LogP contribution in [0.25, 0.3) is 5.65 Å². The third-order valence-corrected chi connectivity index (χ3v) is 4.22. The van der Waals surface area contributed by atoms with Gasteiger partial charge in [0.25, 0.3) is 11.5 Å². The Morgan fingerprint density at radius 1 is 1.45 bits per heavy atom. The molecule has 2 aromatic rings. The van der Waals surface area contributed by atoms with Gasteiger partial charge in [-0.2, -0.15) is 0 Å². The van der Waals surface area contributed by atoms with Crippen molar-refractivity contribution in [1.82, 2.24) is 14.7 Å². The lowest BCUT2D eigenvalue weighted by Gasteiger charge is -2.22. The van der Waals surface area contributed by atoms with E-state index < -0.39 is 17.1 Å². The van der Waals surface area contributed by atoms with Gasteiger partial charge in [0.2, 0.25) is 0 Å². The molecule has 2 aromatic heterocycles. The molecule has 0 aliphatic heterocycles. The molecule has 0 aromatic carbocycles. The number of pyridine rings is 1. The average molecular weight is 301 g/mol. The van der Waals surface area contributed by atoms with Crippen LogP contribution in [0, 0.1) is 6.92 Å². The fourth-order valence-corrected chi connectivity index (χ4v) is 2.88. The summed E-state index contributed by atoms with van der Waals surface area (Å²) >= 11 is 0. The van der Waals surface area contributed by atoms with Crippen molar-refractivity contribution >= 4 is 11.6 Å². The van der Waals surface area contributed by atoms with Gasteiger partial charge in [0.05, 0.1) is 5.60 Å². The molecule has 0 radical (unpaired) electrons. The largest absolute Gasteiger partial charge is 0.388 e. The molecule has 6 heteroatoms. The molecule has 0 atom stereocenters. The van der Waals surface area contributed by atoms with Gasteiger partial charge in [0.1, 0.15) is 11.2 Å². The predicted octanol–water partition coefficient (Wildman–Crippen LogP) is 1.04. The number of aliphatic hydroxyl groups is 1. The van der Waals surface area contributed by atoms with Crippen LogP contribution in [0.4, 0.5) is 0 Å². The molecule has 2 N–H and O–H groups in total. The molecule has 1 amide bonds. The van der Waals surface area contributed by atoms with E-state index in [2.05, 4.69) is 10.3 Å². The molecular weight excluding hydrogens is 282 g/mol. The first kappa shape index (κ1) is 14.7. The molecule has 0 saturated heterocycles. The zero-order valence-electron chi connectivity index (χ0n) is 12.5. The number of nitrogens with zero attached hydrogens (tertiary/aromatic N) is 2. The van der Waals surface area contributed by atoms with E-state index in [4.69, 9.17) is 0 Å². The maximum Gasteiger partial charge on any atom is 0.270 e. The molecule has 0 bridgehead atoms. The summed E-state index contributed by atoms with van der Waals surface area (Å²) in [7, 11) is 0. The van der Waals surface area contributed by atoms with Gasteiger partial charge < -0.3 is 10.4 Å². The topological polar surface area (TPSA) is 83.7 Å². The van der Waals surface area contributed by atoms with Gasteiger partial charge in [-0.15, -0.1) is 0 Å². The van der Waals surface area contributed by atoms with Crippen molar-refractivity contribution in [1.29, 1.82) is 0 Å². The quantitative estimate of drug-likeness (QED) is 0.887. The SMILES string of the molecule is Cc1ccn2c(=O)c(C(=O)NCC3(O)CCCC3)cnc2c1. The summed E-state index contributed by atoms with van der Waals surface area (Å²) in [6.45, 7) is 2.08. The van der Waals surface area contributed by atoms with Crippen LogP contribution in [0.15, 0.2) is 29.3 Å². The second kappa shape index (κ2) is 5.53. The van der Waals surface area contributed by atoms with Crippen LogP contribution in [-0.4, -0.2) is 32.5 Å². The number of fused-ring (bicyclic) bond motifs is 1. The standard InChI is InChI=1S/C16H19N3O3/c1-11-4-7-19-13(8-11)17-9-12(15(19)21)14(20)18-10-16(22)5-2-3-6-16/h4,7-9,22H,2-3,5-6,10H2,1H3,(H,18,20). The van der Waals surface area contributed by atoms with E-state index in [1.807, 2.05) is 6.92 Å². The Morgan fingerprint density at radius 2 is 2.18 bits per heavy atom. The first-order chi connectivity index (χ1) is 10.5. The minimum Gasteiger partial charge on any atom is -0.388 e. The zero-order chi connectivity index (χ0) is 15.7. The maximum atomic E-state index is 12.4. The number of carbonyl (C=O) groups excluding carboxylic acids is 1. The summed E-state index contributed by atoms with van der Waals surface area (Å²) in [5.41, 5.74) is 0.250. The molecule has 6 nitrogen and oxygen atoms in total. The smallest absolute Gasteiger partial charge is 0.270 e. The highest BCUT2D eigenvalue weighted by Gasteiger charge is 2.31. The normalized spacial score (nSPS) is 16.8. The van der Waals surface area contributed by atoms with Crippen molar-refractivity contribution in [2.75, 3.05) is 6.54 Å². The summed E-state index contributed by atoms with van der Waals surface area (Å²) in [4.78, 5) is 28.7. The number of nitrogens with one attached hydrogen (secondary N) is 1. The summed E-state index contributed by atoms with van der Waals surface area (Å²) in [5.74, 6) is -0.493. The first-order valence-corrected chi connectivity index (χ1v) is 7.47. The Labute approximate surface area is 127 Å². The molecule has 3 rings (SSSR count). The molecule has 1 aliphatic carbocycles. The number of rotatable bonds is 3. The molecule has 1 aliphatic rings. The fraction of sp³-hybridized carbons (Fsp3) is 0.438. The molecule has 1 saturated carbocycles. The second-order valence-corrected chi connectivity index (χ2v) is 6.02. The van der Waals surface area contributed by atoms with Gasteiger partial charge in [-0.05, 0) is 37.5 Å². The van der Waals surface area contributed by atoms with Gasteiger partial charge in [0, 0.05) is 18.9 Å². The van der Waals surface area contributed by atoms with E-state index in [1.165, 1.54) is 10.6 Å². The molecule has 116 valence electrons. The van der Waals surface area contributed by atoms with Crippen molar-refractivity contribution in [2.24, 2.45) is 0 Å². The van der Waals surface area contributed by atoms with Crippen LogP contribution in [0.3, 0.4) is 0 Å². The highest BCUT2D eigenvalue weighted by atomic mass is 16.3. The Bertz CT molecular complexity index is 776. The lowest BCUT2D eigenvalue weighted by Crippen LogP contribution is -2.42. The van der Waals surface area contributed by atoms with Crippen molar-refractivity contribution in [3.8, 4) is 0 Å². The zero-order valence-corrected chi connectivity index (χ0v) is 12.5. The van der Waals surface area contributed by atoms with Crippen molar-refractivity contribution in [3.63, 3.8) is 0 Å². The second-order valence-electron chi connectivity index (χ2n) is 6.02. The number of aromatic nitrogens is 2. The molecule has 2 heterocycles. The number of hydrogen-bond donors (Lipinski definition) is 2. The molecule has 0 unspecified atom stereocenters. The van der Waals surface area contributed by atoms with E-state index >= 15 is 0 Å². The Balaban J connectivity index is 1.83. The highest BCUT2D eigenvalue weighted by Crippen LogP contribution is 2.28. The number of carbonyl (C=O) groups is 1.